The Hall–Kier alpha value is -2.80. The molecule has 130 valence electrons. The van der Waals surface area contributed by atoms with Gasteiger partial charge in [0, 0.05) is 25.9 Å². The van der Waals surface area contributed by atoms with E-state index in [2.05, 4.69) is 20.6 Å². The third-order valence-corrected chi connectivity index (χ3v) is 4.35. The number of H-pyrrole nitrogens is 1. The molecule has 0 aliphatic rings. The maximum Gasteiger partial charge on any atom is 0.196 e. The smallest absolute Gasteiger partial charge is 0.196 e. The van der Waals surface area contributed by atoms with Crippen molar-refractivity contribution >= 4 is 39.8 Å². The highest BCUT2D eigenvalue weighted by atomic mass is 35.5. The van der Waals surface area contributed by atoms with E-state index in [1.54, 1.807) is 26.5 Å². The van der Waals surface area contributed by atoms with Crippen molar-refractivity contribution in [2.45, 2.75) is 0 Å². The van der Waals surface area contributed by atoms with Gasteiger partial charge >= 0.3 is 0 Å². The highest BCUT2D eigenvalue weighted by Crippen LogP contribution is 2.35. The fourth-order valence-electron chi connectivity index (χ4n) is 2.73. The number of nitrogens with one attached hydrogen (secondary N) is 3. The third-order valence-electron chi connectivity index (χ3n) is 3.98. The van der Waals surface area contributed by atoms with Crippen molar-refractivity contribution in [3.63, 3.8) is 0 Å². The van der Waals surface area contributed by atoms with Crippen LogP contribution < -0.4 is 15.4 Å². The monoisotopic (exact) mass is 362 g/mol. The summed E-state index contributed by atoms with van der Waals surface area (Å²) in [4.78, 5) is 20.2. The Labute approximate surface area is 148 Å². The first-order valence-corrected chi connectivity index (χ1v) is 7.83. The number of pyridine rings is 1. The van der Waals surface area contributed by atoms with E-state index in [1.807, 2.05) is 0 Å². The van der Waals surface area contributed by atoms with E-state index in [9.17, 15) is 9.18 Å². The summed E-state index contributed by atoms with van der Waals surface area (Å²) in [5.74, 6) is -1.20. The van der Waals surface area contributed by atoms with Crippen LogP contribution in [-0.4, -0.2) is 37.0 Å². The first-order valence-electron chi connectivity index (χ1n) is 7.45. The zero-order chi connectivity index (χ0) is 18.1. The Morgan fingerprint density at radius 2 is 2.04 bits per heavy atom. The average molecular weight is 363 g/mol. The van der Waals surface area contributed by atoms with Gasteiger partial charge in [-0.3, -0.25) is 4.79 Å². The molecular formula is C17H16ClFN4O2. The van der Waals surface area contributed by atoms with Gasteiger partial charge in [-0.1, -0.05) is 11.6 Å². The molecule has 3 rings (SSSR count). The summed E-state index contributed by atoms with van der Waals surface area (Å²) < 4.78 is 19.1. The predicted octanol–water partition coefficient (Wildman–Crippen LogP) is 3.68. The lowest BCUT2D eigenvalue weighted by molar-refractivity contribution is 0.104. The molecule has 0 bridgehead atoms. The molecule has 1 aromatic carbocycles. The van der Waals surface area contributed by atoms with Gasteiger partial charge in [-0.05, 0) is 12.1 Å². The van der Waals surface area contributed by atoms with Gasteiger partial charge in [-0.2, -0.15) is 0 Å². The number of hydrogen-bond acceptors (Lipinski definition) is 5. The van der Waals surface area contributed by atoms with Crippen LogP contribution in [0.5, 0.6) is 5.75 Å². The van der Waals surface area contributed by atoms with E-state index in [1.165, 1.54) is 19.2 Å². The molecule has 2 heterocycles. The van der Waals surface area contributed by atoms with Crippen molar-refractivity contribution in [1.82, 2.24) is 9.97 Å². The number of nitrogens with zero attached hydrogens (tertiary/aromatic N) is 1. The Balaban J connectivity index is 2.20. The van der Waals surface area contributed by atoms with Crippen LogP contribution in [-0.2, 0) is 0 Å². The van der Waals surface area contributed by atoms with Crippen LogP contribution in [0, 0.1) is 5.82 Å². The standard InChI is InChI=1S/C17H16ClFN4O2/c1-20-10-7-23-17-12(15(10)21-2)9(6-22-17)16(24)8-4-5-11(25-3)14(19)13(8)18/h4-7,20H,1-3H3,(H2,21,22,23). The maximum absolute atomic E-state index is 14.2. The fourth-order valence-corrected chi connectivity index (χ4v) is 2.98. The van der Waals surface area contributed by atoms with Crippen LogP contribution in [0.1, 0.15) is 15.9 Å². The lowest BCUT2D eigenvalue weighted by Crippen LogP contribution is -2.05. The Morgan fingerprint density at radius 3 is 2.68 bits per heavy atom. The highest BCUT2D eigenvalue weighted by molar-refractivity contribution is 6.36. The Kier molecular flexibility index (Phi) is 4.50. The van der Waals surface area contributed by atoms with E-state index in [4.69, 9.17) is 16.3 Å². The minimum atomic E-state index is -0.766. The summed E-state index contributed by atoms with van der Waals surface area (Å²) in [7, 11) is 4.84. The zero-order valence-electron chi connectivity index (χ0n) is 13.8. The van der Waals surface area contributed by atoms with Gasteiger partial charge in [0.15, 0.2) is 17.3 Å². The molecule has 0 radical (unpaired) electrons. The first kappa shape index (κ1) is 17.0. The molecule has 0 fully saturated rings. The SMILES string of the molecule is CNc1cnc2[nH]cc(C(=O)c3ccc(OC)c(F)c3Cl)c2c1NC. The van der Waals surface area contributed by atoms with Crippen molar-refractivity contribution in [2.75, 3.05) is 31.8 Å². The molecule has 0 saturated carbocycles. The largest absolute Gasteiger partial charge is 0.494 e. The quantitative estimate of drug-likeness (QED) is 0.603. The van der Waals surface area contributed by atoms with Crippen molar-refractivity contribution in [3.05, 3.63) is 46.5 Å². The molecule has 3 aromatic rings. The minimum Gasteiger partial charge on any atom is -0.494 e. The van der Waals surface area contributed by atoms with Crippen molar-refractivity contribution in [1.29, 1.82) is 0 Å². The Bertz CT molecular complexity index is 971. The average Bonchev–Trinajstić information content (AvgIpc) is 3.06. The number of methoxy groups -OCH3 is 1. The molecule has 3 N–H and O–H groups in total. The van der Waals surface area contributed by atoms with Crippen LogP contribution in [0.3, 0.4) is 0 Å². The Morgan fingerprint density at radius 1 is 1.28 bits per heavy atom. The van der Waals surface area contributed by atoms with Crippen LogP contribution in [0.25, 0.3) is 11.0 Å². The van der Waals surface area contributed by atoms with Gasteiger partial charge in [0.2, 0.25) is 0 Å². The molecule has 0 unspecified atom stereocenters. The molecule has 0 aliphatic carbocycles. The van der Waals surface area contributed by atoms with Gasteiger partial charge in [-0.25, -0.2) is 9.37 Å². The van der Waals surface area contributed by atoms with E-state index < -0.39 is 11.6 Å². The molecule has 6 nitrogen and oxygen atoms in total. The lowest BCUT2D eigenvalue weighted by atomic mass is 10.0. The number of halogens is 2. The van der Waals surface area contributed by atoms with E-state index in [0.717, 1.165) is 5.69 Å². The van der Waals surface area contributed by atoms with Crippen LogP contribution >= 0.6 is 11.6 Å². The minimum absolute atomic E-state index is 0.0180. The molecule has 0 atom stereocenters. The van der Waals surface area contributed by atoms with E-state index >= 15 is 0 Å². The molecule has 0 spiro atoms. The molecule has 8 heteroatoms. The second-order valence-electron chi connectivity index (χ2n) is 5.25. The number of benzene rings is 1. The summed E-state index contributed by atoms with van der Waals surface area (Å²) in [5, 5.41) is 6.41. The lowest BCUT2D eigenvalue weighted by Gasteiger charge is -2.11. The number of aromatic nitrogens is 2. The molecule has 25 heavy (non-hydrogen) atoms. The predicted molar refractivity (Wildman–Crippen MR) is 96.6 cm³/mol. The van der Waals surface area contributed by atoms with Gasteiger partial charge in [0.1, 0.15) is 5.65 Å². The molecule has 2 aromatic heterocycles. The summed E-state index contributed by atoms with van der Waals surface area (Å²) in [6, 6.07) is 2.82. The number of ether oxygens (including phenoxy) is 1. The van der Waals surface area contributed by atoms with Gasteiger partial charge < -0.3 is 20.4 Å². The number of fused-ring (bicyclic) bond motifs is 1. The third kappa shape index (κ3) is 2.66. The van der Waals surface area contributed by atoms with Crippen molar-refractivity contribution in [2.24, 2.45) is 0 Å². The fraction of sp³-hybridized carbons (Fsp3) is 0.176. The summed E-state index contributed by atoms with van der Waals surface area (Å²) in [5.41, 5.74) is 2.38. The maximum atomic E-state index is 14.2. The first-order chi connectivity index (χ1) is 12.0. The number of rotatable bonds is 5. The second kappa shape index (κ2) is 6.60. The van der Waals surface area contributed by atoms with Gasteiger partial charge in [-0.15, -0.1) is 0 Å². The van der Waals surface area contributed by atoms with Gasteiger partial charge in [0.05, 0.1) is 40.7 Å². The van der Waals surface area contributed by atoms with E-state index in [0.29, 0.717) is 22.3 Å². The van der Waals surface area contributed by atoms with Crippen molar-refractivity contribution in [3.8, 4) is 5.75 Å². The number of aromatic amines is 1. The highest BCUT2D eigenvalue weighted by Gasteiger charge is 2.23. The normalized spacial score (nSPS) is 10.8. The van der Waals surface area contributed by atoms with Crippen LogP contribution in [0.2, 0.25) is 5.02 Å². The second-order valence-corrected chi connectivity index (χ2v) is 5.62. The summed E-state index contributed by atoms with van der Waals surface area (Å²) in [6.45, 7) is 0. The number of hydrogen-bond donors (Lipinski definition) is 3. The molecule has 0 aliphatic heterocycles. The van der Waals surface area contributed by atoms with E-state index in [-0.39, 0.29) is 16.3 Å². The van der Waals surface area contributed by atoms with Crippen LogP contribution in [0.15, 0.2) is 24.5 Å². The molecular weight excluding hydrogens is 347 g/mol. The summed E-state index contributed by atoms with van der Waals surface area (Å²) in [6.07, 6.45) is 3.19. The number of anilines is 2. The number of carbonyl (C=O) groups excluding carboxylic acids is 1. The number of carbonyl (C=O) groups is 1. The topological polar surface area (TPSA) is 79.0 Å². The van der Waals surface area contributed by atoms with Crippen LogP contribution in [0.4, 0.5) is 15.8 Å². The van der Waals surface area contributed by atoms with Crippen molar-refractivity contribution < 1.29 is 13.9 Å². The molecule has 0 amide bonds. The van der Waals surface area contributed by atoms with Gasteiger partial charge in [0.25, 0.3) is 0 Å². The zero-order valence-corrected chi connectivity index (χ0v) is 14.6. The molecule has 0 saturated heterocycles. The summed E-state index contributed by atoms with van der Waals surface area (Å²) >= 11 is 6.04. The number of ketones is 1.